The van der Waals surface area contributed by atoms with Gasteiger partial charge in [-0.25, -0.2) is 0 Å². The first-order valence-electron chi connectivity index (χ1n) is 17.3. The maximum absolute atomic E-state index is 6.75. The normalized spacial score (nSPS) is 11.5. The zero-order valence-electron chi connectivity index (χ0n) is 27.8. The molecule has 9 aromatic carbocycles. The molecule has 3 nitrogen and oxygen atoms in total. The van der Waals surface area contributed by atoms with E-state index in [1.807, 2.05) is 0 Å². The molecule has 0 aliphatic rings. The fraction of sp³-hybridized carbons (Fsp3) is 0. The summed E-state index contributed by atoms with van der Waals surface area (Å²) in [5.74, 6) is 0. The standard InChI is InChI=1S/C48H32N2O/c1-3-19-39(20-4-1)49(41-25-23-33-13-7-9-15-35(33)27-41)45-31-44-43-29-37-17-11-12-18-38(37)30-47(43)51-48(44)32-46(45)50(40-21-5-2-6-22-40)42-26-24-34-14-8-10-16-36(34)28-42/h1-32H. The highest BCUT2D eigenvalue weighted by molar-refractivity contribution is 6.13. The molecule has 10 aromatic rings. The van der Waals surface area contributed by atoms with Crippen molar-refractivity contribution in [2.45, 2.75) is 0 Å². The summed E-state index contributed by atoms with van der Waals surface area (Å²) < 4.78 is 6.75. The summed E-state index contributed by atoms with van der Waals surface area (Å²) in [7, 11) is 0. The second-order valence-electron chi connectivity index (χ2n) is 13.0. The minimum atomic E-state index is 0.840. The predicted octanol–water partition coefficient (Wildman–Crippen LogP) is 14.0. The average molecular weight is 653 g/mol. The lowest BCUT2D eigenvalue weighted by Crippen LogP contribution is -2.17. The number of rotatable bonds is 6. The van der Waals surface area contributed by atoms with Gasteiger partial charge in [-0.15, -0.1) is 0 Å². The van der Waals surface area contributed by atoms with Crippen molar-refractivity contribution in [2.24, 2.45) is 0 Å². The number of nitrogens with zero attached hydrogens (tertiary/aromatic N) is 2. The number of furan rings is 1. The van der Waals surface area contributed by atoms with Crippen LogP contribution in [0.15, 0.2) is 199 Å². The smallest absolute Gasteiger partial charge is 0.137 e. The van der Waals surface area contributed by atoms with E-state index in [0.717, 1.165) is 61.4 Å². The van der Waals surface area contributed by atoms with Gasteiger partial charge < -0.3 is 14.2 Å². The molecule has 0 aliphatic heterocycles. The van der Waals surface area contributed by atoms with Crippen LogP contribution in [-0.2, 0) is 0 Å². The van der Waals surface area contributed by atoms with Gasteiger partial charge in [-0.1, -0.05) is 121 Å². The molecule has 10 rings (SSSR count). The number of hydrogen-bond acceptors (Lipinski definition) is 3. The van der Waals surface area contributed by atoms with E-state index in [1.54, 1.807) is 0 Å². The molecule has 0 saturated carbocycles. The Hall–Kier alpha value is -6.84. The van der Waals surface area contributed by atoms with Crippen LogP contribution in [0.2, 0.25) is 0 Å². The molecule has 0 bridgehead atoms. The lowest BCUT2D eigenvalue weighted by molar-refractivity contribution is 0.669. The van der Waals surface area contributed by atoms with Gasteiger partial charge in [0.25, 0.3) is 0 Å². The summed E-state index contributed by atoms with van der Waals surface area (Å²) in [6.07, 6.45) is 0. The van der Waals surface area contributed by atoms with Gasteiger partial charge in [0.2, 0.25) is 0 Å². The molecule has 0 spiro atoms. The van der Waals surface area contributed by atoms with Crippen LogP contribution in [0.3, 0.4) is 0 Å². The molecule has 0 unspecified atom stereocenters. The van der Waals surface area contributed by atoms with Gasteiger partial charge in [-0.3, -0.25) is 0 Å². The molecule has 0 fully saturated rings. The predicted molar refractivity (Wildman–Crippen MR) is 216 cm³/mol. The highest BCUT2D eigenvalue weighted by atomic mass is 16.3. The van der Waals surface area contributed by atoms with Crippen LogP contribution in [0.1, 0.15) is 0 Å². The lowest BCUT2D eigenvalue weighted by atomic mass is 10.0. The SMILES string of the molecule is c1ccc(N(c2ccc3ccccc3c2)c2cc3oc4cc5ccccc5cc4c3cc2N(c2ccccc2)c2ccc3ccccc3c2)cc1. The van der Waals surface area contributed by atoms with Crippen LogP contribution in [0.5, 0.6) is 0 Å². The summed E-state index contributed by atoms with van der Waals surface area (Å²) in [6.45, 7) is 0. The first-order valence-corrected chi connectivity index (χ1v) is 17.3. The number of anilines is 6. The Bertz CT molecular complexity index is 2880. The molecule has 0 aliphatic carbocycles. The van der Waals surface area contributed by atoms with Crippen LogP contribution in [-0.4, -0.2) is 0 Å². The summed E-state index contributed by atoms with van der Waals surface area (Å²) in [4.78, 5) is 4.75. The van der Waals surface area contributed by atoms with Gasteiger partial charge in [0, 0.05) is 39.6 Å². The maximum atomic E-state index is 6.75. The van der Waals surface area contributed by atoms with Crippen molar-refractivity contribution in [3.63, 3.8) is 0 Å². The van der Waals surface area contributed by atoms with Crippen LogP contribution in [0.25, 0.3) is 54.3 Å². The third-order valence-corrected chi connectivity index (χ3v) is 9.93. The van der Waals surface area contributed by atoms with Crippen molar-refractivity contribution >= 4 is 88.4 Å². The Morgan fingerprint density at radius 3 is 1.20 bits per heavy atom. The molecule has 3 heteroatoms. The van der Waals surface area contributed by atoms with Gasteiger partial charge in [0.15, 0.2) is 0 Å². The van der Waals surface area contributed by atoms with Crippen molar-refractivity contribution < 1.29 is 4.42 Å². The Labute approximate surface area is 295 Å². The minimum absolute atomic E-state index is 0.840. The molecule has 0 saturated heterocycles. The Morgan fingerprint density at radius 1 is 0.275 bits per heavy atom. The van der Waals surface area contributed by atoms with E-state index in [-0.39, 0.29) is 0 Å². The first-order chi connectivity index (χ1) is 25.3. The van der Waals surface area contributed by atoms with Crippen molar-refractivity contribution in [3.8, 4) is 0 Å². The molecule has 51 heavy (non-hydrogen) atoms. The highest BCUT2D eigenvalue weighted by Gasteiger charge is 2.25. The summed E-state index contributed by atoms with van der Waals surface area (Å²) in [5.41, 5.74) is 8.02. The summed E-state index contributed by atoms with van der Waals surface area (Å²) in [5, 5.41) is 9.30. The monoisotopic (exact) mass is 652 g/mol. The Morgan fingerprint density at radius 2 is 0.667 bits per heavy atom. The topological polar surface area (TPSA) is 19.6 Å². The molecule has 0 N–H and O–H groups in total. The Kier molecular flexibility index (Phi) is 6.81. The van der Waals surface area contributed by atoms with Gasteiger partial charge in [0.05, 0.1) is 11.4 Å². The second kappa shape index (κ2) is 11.9. The van der Waals surface area contributed by atoms with Crippen molar-refractivity contribution in [1.29, 1.82) is 0 Å². The maximum Gasteiger partial charge on any atom is 0.137 e. The van der Waals surface area contributed by atoms with Gasteiger partial charge in [0.1, 0.15) is 11.2 Å². The summed E-state index contributed by atoms with van der Waals surface area (Å²) in [6, 6.07) is 69.3. The molecule has 240 valence electrons. The van der Waals surface area contributed by atoms with Gasteiger partial charge in [-0.2, -0.15) is 0 Å². The van der Waals surface area contributed by atoms with Crippen LogP contribution in [0.4, 0.5) is 34.1 Å². The van der Waals surface area contributed by atoms with E-state index >= 15 is 0 Å². The van der Waals surface area contributed by atoms with E-state index < -0.39 is 0 Å². The minimum Gasteiger partial charge on any atom is -0.456 e. The first kappa shape index (κ1) is 29.1. The zero-order chi connectivity index (χ0) is 33.7. The van der Waals surface area contributed by atoms with Crippen LogP contribution in [0, 0.1) is 0 Å². The van der Waals surface area contributed by atoms with Crippen LogP contribution >= 0.6 is 0 Å². The van der Waals surface area contributed by atoms with E-state index in [2.05, 4.69) is 204 Å². The molecule has 0 amide bonds. The molecule has 1 heterocycles. The second-order valence-corrected chi connectivity index (χ2v) is 13.0. The molecule has 0 atom stereocenters. The number of hydrogen-bond donors (Lipinski definition) is 0. The van der Waals surface area contributed by atoms with Crippen molar-refractivity contribution in [2.75, 3.05) is 9.80 Å². The number of para-hydroxylation sites is 2. The largest absolute Gasteiger partial charge is 0.456 e. The van der Waals surface area contributed by atoms with E-state index in [1.165, 1.54) is 26.9 Å². The quantitative estimate of drug-likeness (QED) is 0.178. The number of benzene rings is 9. The lowest BCUT2D eigenvalue weighted by Gasteiger charge is -2.33. The van der Waals surface area contributed by atoms with Gasteiger partial charge >= 0.3 is 0 Å². The molecular weight excluding hydrogens is 621 g/mol. The fourth-order valence-electron chi connectivity index (χ4n) is 7.48. The highest BCUT2D eigenvalue weighted by Crippen LogP contribution is 2.49. The van der Waals surface area contributed by atoms with Crippen molar-refractivity contribution in [3.05, 3.63) is 194 Å². The Balaban J connectivity index is 1.32. The molecule has 0 radical (unpaired) electrons. The van der Waals surface area contributed by atoms with E-state index in [9.17, 15) is 0 Å². The van der Waals surface area contributed by atoms with Crippen molar-refractivity contribution in [1.82, 2.24) is 0 Å². The third-order valence-electron chi connectivity index (χ3n) is 9.93. The number of fused-ring (bicyclic) bond motifs is 6. The van der Waals surface area contributed by atoms with Gasteiger partial charge in [-0.05, 0) is 99.0 Å². The summed E-state index contributed by atoms with van der Waals surface area (Å²) >= 11 is 0. The molecular formula is C48H32N2O. The average Bonchev–Trinajstić information content (AvgIpc) is 3.54. The van der Waals surface area contributed by atoms with Crippen LogP contribution < -0.4 is 9.80 Å². The zero-order valence-corrected chi connectivity index (χ0v) is 27.8. The fourth-order valence-corrected chi connectivity index (χ4v) is 7.48. The van der Waals surface area contributed by atoms with E-state index in [0.29, 0.717) is 0 Å². The third kappa shape index (κ3) is 5.06. The van der Waals surface area contributed by atoms with E-state index in [4.69, 9.17) is 4.42 Å². The molecule has 1 aromatic heterocycles.